The highest BCUT2D eigenvalue weighted by atomic mass is 32.1. The smallest absolute Gasteiger partial charge is 0.193 e. The van der Waals surface area contributed by atoms with E-state index in [1.54, 1.807) is 0 Å². The number of nitrogens with zero attached hydrogens (tertiary/aromatic N) is 3. The number of aromatic nitrogens is 3. The molecule has 1 aromatic heterocycles. The van der Waals surface area contributed by atoms with Crippen LogP contribution in [-0.2, 0) is 17.6 Å². The number of unbranched alkanes of at least 4 members (excludes halogenated alkanes) is 4. The van der Waals surface area contributed by atoms with Gasteiger partial charge in [0.05, 0.1) is 12.1 Å². The van der Waals surface area contributed by atoms with Gasteiger partial charge in [0.1, 0.15) is 5.82 Å². The van der Waals surface area contributed by atoms with Crippen molar-refractivity contribution < 1.29 is 4.79 Å². The van der Waals surface area contributed by atoms with E-state index in [-0.39, 0.29) is 11.5 Å². The van der Waals surface area contributed by atoms with E-state index in [1.165, 1.54) is 25.7 Å². The first-order valence-electron chi connectivity index (χ1n) is 7.92. The monoisotopic (exact) mass is 317 g/mol. The fourth-order valence-electron chi connectivity index (χ4n) is 2.43. The molecule has 0 aliphatic rings. The van der Waals surface area contributed by atoms with E-state index in [0.29, 0.717) is 5.82 Å². The Bertz CT molecular complexity index is 595. The maximum Gasteiger partial charge on any atom is 0.193 e. The second-order valence-electron chi connectivity index (χ2n) is 5.43. The third kappa shape index (κ3) is 4.98. The molecule has 4 nitrogen and oxygen atoms in total. The lowest BCUT2D eigenvalue weighted by Crippen LogP contribution is -2.03. The van der Waals surface area contributed by atoms with Gasteiger partial charge in [-0.25, -0.2) is 9.67 Å². The number of hydrogen-bond donors (Lipinski definition) is 1. The van der Waals surface area contributed by atoms with Gasteiger partial charge in [-0.1, -0.05) is 50.8 Å². The Hall–Kier alpha value is -1.62. The molecule has 0 unspecified atom stereocenters. The van der Waals surface area contributed by atoms with Gasteiger partial charge in [-0.2, -0.15) is 5.10 Å². The molecule has 0 saturated heterocycles. The lowest BCUT2D eigenvalue weighted by atomic mass is 10.1. The first-order valence-corrected chi connectivity index (χ1v) is 8.37. The van der Waals surface area contributed by atoms with Crippen LogP contribution in [0.15, 0.2) is 30.3 Å². The van der Waals surface area contributed by atoms with Crippen molar-refractivity contribution in [1.29, 1.82) is 0 Å². The van der Waals surface area contributed by atoms with Crippen LogP contribution in [0.5, 0.6) is 0 Å². The quantitative estimate of drug-likeness (QED) is 0.565. The van der Waals surface area contributed by atoms with Gasteiger partial charge in [-0.15, -0.1) is 12.6 Å². The predicted molar refractivity (Wildman–Crippen MR) is 91.5 cm³/mol. The molecular weight excluding hydrogens is 294 g/mol. The van der Waals surface area contributed by atoms with Gasteiger partial charge >= 0.3 is 0 Å². The summed E-state index contributed by atoms with van der Waals surface area (Å²) in [5.41, 5.74) is 0.983. The number of aryl methyl sites for hydroxylation is 1. The number of para-hydroxylation sites is 1. The molecule has 0 bridgehead atoms. The molecule has 22 heavy (non-hydrogen) atoms. The van der Waals surface area contributed by atoms with Crippen molar-refractivity contribution in [3.63, 3.8) is 0 Å². The first kappa shape index (κ1) is 16.7. The number of carbonyl (C=O) groups is 1. The molecule has 0 spiro atoms. The van der Waals surface area contributed by atoms with E-state index in [9.17, 15) is 4.79 Å². The standard InChI is InChI=1S/C17H23N3OS/c1-2-3-4-5-9-12-16-18-15(13-17(21)22)19-20(16)14-10-7-6-8-11-14/h6-8,10-11H,2-5,9,12-13H2,1H3,(H,21,22). The average molecular weight is 317 g/mol. The maximum atomic E-state index is 11.2. The van der Waals surface area contributed by atoms with Crippen LogP contribution in [0.25, 0.3) is 5.69 Å². The van der Waals surface area contributed by atoms with Crippen molar-refractivity contribution in [1.82, 2.24) is 14.8 Å². The summed E-state index contributed by atoms with van der Waals surface area (Å²) in [6, 6.07) is 9.93. The van der Waals surface area contributed by atoms with E-state index in [0.717, 1.165) is 24.4 Å². The molecular formula is C17H23N3OS. The second kappa shape index (κ2) is 8.73. The number of benzene rings is 1. The van der Waals surface area contributed by atoms with Crippen LogP contribution < -0.4 is 0 Å². The summed E-state index contributed by atoms with van der Waals surface area (Å²) < 4.78 is 1.85. The zero-order valence-electron chi connectivity index (χ0n) is 13.0. The van der Waals surface area contributed by atoms with Gasteiger partial charge in [-0.05, 0) is 18.6 Å². The van der Waals surface area contributed by atoms with Gasteiger partial charge in [0, 0.05) is 6.42 Å². The number of hydrogen-bond acceptors (Lipinski definition) is 3. The lowest BCUT2D eigenvalue weighted by Gasteiger charge is -2.05. The van der Waals surface area contributed by atoms with Crippen molar-refractivity contribution in [3.8, 4) is 5.69 Å². The molecule has 1 heterocycles. The summed E-state index contributed by atoms with van der Waals surface area (Å²) in [5.74, 6) is 1.47. The van der Waals surface area contributed by atoms with E-state index in [1.807, 2.05) is 35.0 Å². The molecule has 1 aromatic carbocycles. The Balaban J connectivity index is 2.11. The Morgan fingerprint density at radius 1 is 1.14 bits per heavy atom. The van der Waals surface area contributed by atoms with Crippen molar-refractivity contribution in [2.24, 2.45) is 0 Å². The second-order valence-corrected chi connectivity index (χ2v) is 5.93. The van der Waals surface area contributed by atoms with Crippen LogP contribution >= 0.6 is 12.6 Å². The fourth-order valence-corrected chi connectivity index (χ4v) is 2.57. The molecule has 5 heteroatoms. The number of rotatable bonds is 9. The fraction of sp³-hybridized carbons (Fsp3) is 0.471. The van der Waals surface area contributed by atoms with Crippen molar-refractivity contribution in [2.75, 3.05) is 0 Å². The van der Waals surface area contributed by atoms with Gasteiger partial charge in [-0.3, -0.25) is 4.79 Å². The molecule has 0 aliphatic carbocycles. The molecule has 0 aliphatic heterocycles. The van der Waals surface area contributed by atoms with E-state index >= 15 is 0 Å². The van der Waals surface area contributed by atoms with Gasteiger partial charge < -0.3 is 0 Å². The van der Waals surface area contributed by atoms with Crippen LogP contribution in [0, 0.1) is 0 Å². The average Bonchev–Trinajstić information content (AvgIpc) is 2.90. The van der Waals surface area contributed by atoms with Crippen molar-refractivity contribution in [2.45, 2.75) is 51.9 Å². The Labute approximate surface area is 137 Å². The minimum absolute atomic E-state index is 0.172. The number of carbonyl (C=O) groups excluding carboxylic acids is 1. The van der Waals surface area contributed by atoms with Crippen molar-refractivity contribution >= 4 is 17.7 Å². The highest BCUT2D eigenvalue weighted by Crippen LogP contribution is 2.14. The van der Waals surface area contributed by atoms with Gasteiger partial charge in [0.2, 0.25) is 0 Å². The zero-order chi connectivity index (χ0) is 15.8. The summed E-state index contributed by atoms with van der Waals surface area (Å²) in [7, 11) is 0. The Kier molecular flexibility index (Phi) is 6.65. The van der Waals surface area contributed by atoms with Crippen molar-refractivity contribution in [3.05, 3.63) is 42.0 Å². The molecule has 0 saturated carbocycles. The summed E-state index contributed by atoms with van der Waals surface area (Å²) in [5, 5.41) is 4.26. The first-order chi connectivity index (χ1) is 10.7. The SMILES string of the molecule is CCCCCCCc1nc(CC(=O)S)nn1-c1ccccc1. The maximum absolute atomic E-state index is 11.2. The van der Waals surface area contributed by atoms with Crippen LogP contribution in [0.3, 0.4) is 0 Å². The third-order valence-corrected chi connectivity index (χ3v) is 3.69. The normalized spacial score (nSPS) is 10.8. The van der Waals surface area contributed by atoms with E-state index < -0.39 is 0 Å². The third-order valence-electron chi connectivity index (χ3n) is 3.53. The molecule has 0 atom stereocenters. The largest absolute Gasteiger partial charge is 0.287 e. The molecule has 118 valence electrons. The number of thiol groups is 1. The van der Waals surface area contributed by atoms with Crippen LogP contribution in [0.4, 0.5) is 0 Å². The molecule has 2 rings (SSSR count). The lowest BCUT2D eigenvalue weighted by molar-refractivity contribution is -0.110. The highest BCUT2D eigenvalue weighted by Gasteiger charge is 2.12. The van der Waals surface area contributed by atoms with E-state index in [2.05, 4.69) is 29.6 Å². The molecule has 0 radical (unpaired) electrons. The molecule has 0 N–H and O–H groups in total. The summed E-state index contributed by atoms with van der Waals surface area (Å²) in [6.07, 6.45) is 7.14. The summed E-state index contributed by atoms with van der Waals surface area (Å²) in [6.45, 7) is 2.22. The Morgan fingerprint density at radius 2 is 1.86 bits per heavy atom. The Morgan fingerprint density at radius 3 is 2.55 bits per heavy atom. The minimum atomic E-state index is -0.209. The van der Waals surface area contributed by atoms with Gasteiger partial charge in [0.15, 0.2) is 10.9 Å². The molecule has 0 fully saturated rings. The van der Waals surface area contributed by atoms with Crippen LogP contribution in [-0.4, -0.2) is 19.9 Å². The van der Waals surface area contributed by atoms with Crippen LogP contribution in [0.1, 0.15) is 50.7 Å². The molecule has 2 aromatic rings. The minimum Gasteiger partial charge on any atom is -0.287 e. The molecule has 0 amide bonds. The van der Waals surface area contributed by atoms with E-state index in [4.69, 9.17) is 0 Å². The topological polar surface area (TPSA) is 47.8 Å². The summed E-state index contributed by atoms with van der Waals surface area (Å²) in [4.78, 5) is 15.7. The van der Waals surface area contributed by atoms with Crippen LogP contribution in [0.2, 0.25) is 0 Å². The highest BCUT2D eigenvalue weighted by molar-refractivity contribution is 7.96. The van der Waals surface area contributed by atoms with Gasteiger partial charge in [0.25, 0.3) is 0 Å². The summed E-state index contributed by atoms with van der Waals surface area (Å²) >= 11 is 3.82. The zero-order valence-corrected chi connectivity index (χ0v) is 13.9. The predicted octanol–water partition coefficient (Wildman–Crippen LogP) is 3.78.